The summed E-state index contributed by atoms with van der Waals surface area (Å²) in [6.07, 6.45) is 5.48. The van der Waals surface area contributed by atoms with Crippen LogP contribution in [-0.2, 0) is 11.3 Å². The van der Waals surface area contributed by atoms with Gasteiger partial charge in [0.05, 0.1) is 20.1 Å². The maximum atomic E-state index is 13.0. The van der Waals surface area contributed by atoms with E-state index in [0.29, 0.717) is 29.9 Å². The van der Waals surface area contributed by atoms with E-state index in [1.54, 1.807) is 26.0 Å². The lowest BCUT2D eigenvalue weighted by Crippen LogP contribution is -2.45. The van der Waals surface area contributed by atoms with E-state index in [4.69, 9.17) is 15.2 Å². The molecule has 0 heterocycles. The number of hydrogen-bond acceptors (Lipinski definition) is 5. The summed E-state index contributed by atoms with van der Waals surface area (Å²) in [4.78, 5) is 15.9. The van der Waals surface area contributed by atoms with Gasteiger partial charge in [0.1, 0.15) is 0 Å². The summed E-state index contributed by atoms with van der Waals surface area (Å²) in [5, 5.41) is 0. The van der Waals surface area contributed by atoms with Gasteiger partial charge in [-0.1, -0.05) is 0 Å². The summed E-state index contributed by atoms with van der Waals surface area (Å²) in [6, 6.07) is 3.97. The highest BCUT2D eigenvalue weighted by Crippen LogP contribution is 2.48. The van der Waals surface area contributed by atoms with Crippen LogP contribution in [0.2, 0.25) is 0 Å². The first-order valence-electron chi connectivity index (χ1n) is 8.79. The van der Waals surface area contributed by atoms with Gasteiger partial charge in [0.2, 0.25) is 5.91 Å². The number of benzene rings is 1. The van der Waals surface area contributed by atoms with Crippen LogP contribution in [0.4, 0.5) is 0 Å². The van der Waals surface area contributed by atoms with Gasteiger partial charge in [0, 0.05) is 24.5 Å². The zero-order chi connectivity index (χ0) is 18.1. The molecular formula is C19H28N2O3S. The third-order valence-corrected chi connectivity index (χ3v) is 6.66. The van der Waals surface area contributed by atoms with Crippen LogP contribution in [-0.4, -0.2) is 44.4 Å². The molecule has 0 radical (unpaired) electrons. The highest BCUT2D eigenvalue weighted by Gasteiger charge is 2.49. The predicted molar refractivity (Wildman–Crippen MR) is 100 cm³/mol. The standard InChI is InChI=1S/C19H28N2O3S/c1-21(19(22)17-11-5-6-12(7-11)18(17)20)10-13-8-14(23-2)15(24-3)9-16(13)25-4/h8-9,11-12,17-18H,5-7,10,20H2,1-4H3. The molecular weight excluding hydrogens is 336 g/mol. The van der Waals surface area contributed by atoms with Crippen molar-refractivity contribution in [3.63, 3.8) is 0 Å². The Morgan fingerprint density at radius 1 is 1.24 bits per heavy atom. The smallest absolute Gasteiger partial charge is 0.227 e. The maximum absolute atomic E-state index is 13.0. The highest BCUT2D eigenvalue weighted by molar-refractivity contribution is 7.98. The van der Waals surface area contributed by atoms with Crippen molar-refractivity contribution >= 4 is 17.7 Å². The van der Waals surface area contributed by atoms with E-state index in [0.717, 1.165) is 23.3 Å². The molecule has 4 unspecified atom stereocenters. The molecule has 0 spiro atoms. The molecule has 4 atom stereocenters. The van der Waals surface area contributed by atoms with Crippen molar-refractivity contribution in [3.05, 3.63) is 17.7 Å². The predicted octanol–water partition coefficient (Wildman–Crippen LogP) is 2.76. The second-order valence-electron chi connectivity index (χ2n) is 7.15. The number of amides is 1. The van der Waals surface area contributed by atoms with Gasteiger partial charge in [-0.15, -0.1) is 11.8 Å². The minimum Gasteiger partial charge on any atom is -0.493 e. The number of carbonyl (C=O) groups is 1. The lowest BCUT2D eigenvalue weighted by atomic mass is 9.84. The number of rotatable bonds is 6. The maximum Gasteiger partial charge on any atom is 0.227 e. The van der Waals surface area contributed by atoms with Crippen molar-refractivity contribution in [3.8, 4) is 11.5 Å². The van der Waals surface area contributed by atoms with Gasteiger partial charge in [0.15, 0.2) is 11.5 Å². The first-order chi connectivity index (χ1) is 12.0. The fourth-order valence-electron chi connectivity index (χ4n) is 4.51. The molecule has 1 amide bonds. The van der Waals surface area contributed by atoms with Gasteiger partial charge >= 0.3 is 0 Å². The first kappa shape index (κ1) is 18.4. The number of methoxy groups -OCH3 is 2. The Morgan fingerprint density at radius 3 is 2.44 bits per heavy atom. The number of nitrogens with zero attached hydrogens (tertiary/aromatic N) is 1. The van der Waals surface area contributed by atoms with E-state index < -0.39 is 0 Å². The van der Waals surface area contributed by atoms with Crippen LogP contribution >= 0.6 is 11.8 Å². The summed E-state index contributed by atoms with van der Waals surface area (Å²) < 4.78 is 10.8. The summed E-state index contributed by atoms with van der Waals surface area (Å²) >= 11 is 1.64. The van der Waals surface area contributed by atoms with E-state index in [9.17, 15) is 4.79 Å². The molecule has 2 aliphatic rings. The van der Waals surface area contributed by atoms with Gasteiger partial charge in [0.25, 0.3) is 0 Å². The minimum absolute atomic E-state index is 0.0124. The minimum atomic E-state index is -0.0124. The summed E-state index contributed by atoms with van der Waals surface area (Å²) in [7, 11) is 5.14. The van der Waals surface area contributed by atoms with E-state index in [1.165, 1.54) is 6.42 Å². The molecule has 25 heavy (non-hydrogen) atoms. The van der Waals surface area contributed by atoms with Crippen molar-refractivity contribution in [2.75, 3.05) is 27.5 Å². The zero-order valence-electron chi connectivity index (χ0n) is 15.5. The van der Waals surface area contributed by atoms with Gasteiger partial charge in [-0.25, -0.2) is 0 Å². The lowest BCUT2D eigenvalue weighted by molar-refractivity contribution is -0.137. The van der Waals surface area contributed by atoms with Crippen molar-refractivity contribution < 1.29 is 14.3 Å². The Hall–Kier alpha value is -1.40. The molecule has 3 rings (SSSR count). The van der Waals surface area contributed by atoms with E-state index >= 15 is 0 Å². The fourth-order valence-corrected chi connectivity index (χ4v) is 5.12. The van der Waals surface area contributed by atoms with Crippen molar-refractivity contribution in [1.29, 1.82) is 0 Å². The molecule has 0 saturated heterocycles. The Bertz CT molecular complexity index is 650. The molecule has 138 valence electrons. The van der Waals surface area contributed by atoms with Gasteiger partial charge in [-0.05, 0) is 55.1 Å². The lowest BCUT2D eigenvalue weighted by Gasteiger charge is -2.31. The largest absolute Gasteiger partial charge is 0.493 e. The Morgan fingerprint density at radius 2 is 1.88 bits per heavy atom. The second kappa shape index (κ2) is 7.46. The Kier molecular flexibility index (Phi) is 5.49. The Balaban J connectivity index is 1.78. The molecule has 1 aromatic rings. The number of carbonyl (C=O) groups excluding carboxylic acids is 1. The SMILES string of the molecule is COc1cc(CN(C)C(=O)C2C3CCC(C3)C2N)c(SC)cc1OC. The monoisotopic (exact) mass is 364 g/mol. The topological polar surface area (TPSA) is 64.8 Å². The molecule has 0 aliphatic heterocycles. The van der Waals surface area contributed by atoms with E-state index in [2.05, 4.69) is 0 Å². The van der Waals surface area contributed by atoms with Crippen molar-refractivity contribution in [2.45, 2.75) is 36.7 Å². The highest BCUT2D eigenvalue weighted by atomic mass is 32.2. The third-order valence-electron chi connectivity index (χ3n) is 5.84. The number of nitrogens with two attached hydrogens (primary N) is 1. The fraction of sp³-hybridized carbons (Fsp3) is 0.632. The molecule has 6 heteroatoms. The van der Waals surface area contributed by atoms with Gasteiger partial charge in [-0.3, -0.25) is 4.79 Å². The average Bonchev–Trinajstić information content (AvgIpc) is 3.21. The summed E-state index contributed by atoms with van der Waals surface area (Å²) in [5.74, 6) is 2.58. The van der Waals surface area contributed by atoms with Crippen LogP contribution in [0.15, 0.2) is 17.0 Å². The molecule has 2 saturated carbocycles. The number of fused-ring (bicyclic) bond motifs is 2. The van der Waals surface area contributed by atoms with Crippen molar-refractivity contribution in [1.82, 2.24) is 4.90 Å². The third kappa shape index (κ3) is 3.34. The van der Waals surface area contributed by atoms with E-state index in [1.807, 2.05) is 30.3 Å². The second-order valence-corrected chi connectivity index (χ2v) is 8.00. The molecule has 2 bridgehead atoms. The van der Waals surface area contributed by atoms with Crippen LogP contribution < -0.4 is 15.2 Å². The molecule has 2 aliphatic carbocycles. The van der Waals surface area contributed by atoms with Crippen molar-refractivity contribution in [2.24, 2.45) is 23.5 Å². The zero-order valence-corrected chi connectivity index (χ0v) is 16.3. The number of thioether (sulfide) groups is 1. The normalized spacial score (nSPS) is 27.4. The van der Waals surface area contributed by atoms with Crippen LogP contribution in [0.3, 0.4) is 0 Å². The molecule has 2 fully saturated rings. The van der Waals surface area contributed by atoms with E-state index in [-0.39, 0.29) is 17.9 Å². The van der Waals surface area contributed by atoms with Crippen LogP contribution in [0, 0.1) is 17.8 Å². The molecule has 1 aromatic carbocycles. The number of ether oxygens (including phenoxy) is 2. The van der Waals surface area contributed by atoms with Crippen LogP contribution in [0.25, 0.3) is 0 Å². The van der Waals surface area contributed by atoms with Crippen LogP contribution in [0.5, 0.6) is 11.5 Å². The van der Waals surface area contributed by atoms with Gasteiger partial charge < -0.3 is 20.1 Å². The molecule has 5 nitrogen and oxygen atoms in total. The number of hydrogen-bond donors (Lipinski definition) is 1. The average molecular weight is 365 g/mol. The van der Waals surface area contributed by atoms with Gasteiger partial charge in [-0.2, -0.15) is 0 Å². The van der Waals surface area contributed by atoms with Crippen LogP contribution in [0.1, 0.15) is 24.8 Å². The Labute approximate surface area is 154 Å². The quantitative estimate of drug-likeness (QED) is 0.787. The summed E-state index contributed by atoms with van der Waals surface area (Å²) in [6.45, 7) is 0.552. The molecule has 0 aromatic heterocycles. The first-order valence-corrected chi connectivity index (χ1v) is 10.0. The molecule has 2 N–H and O–H groups in total. The summed E-state index contributed by atoms with van der Waals surface area (Å²) in [5.41, 5.74) is 7.42.